The van der Waals surface area contributed by atoms with Gasteiger partial charge in [0.05, 0.1) is 0 Å². The van der Waals surface area contributed by atoms with E-state index in [4.69, 9.17) is 5.73 Å². The number of nitrogens with zero attached hydrogens (tertiary/aromatic N) is 1. The second-order valence-corrected chi connectivity index (χ2v) is 5.72. The summed E-state index contributed by atoms with van der Waals surface area (Å²) in [5.74, 6) is 0.127. The number of rotatable bonds is 4. The first-order valence-corrected chi connectivity index (χ1v) is 7.40. The summed E-state index contributed by atoms with van der Waals surface area (Å²) in [7, 11) is 0. The molecule has 110 valence electrons. The van der Waals surface area contributed by atoms with E-state index in [9.17, 15) is 9.18 Å². The molecule has 0 bridgehead atoms. The average molecular weight is 278 g/mol. The van der Waals surface area contributed by atoms with Crippen molar-refractivity contribution in [2.24, 2.45) is 11.7 Å². The molecule has 0 radical (unpaired) electrons. The molecule has 1 amide bonds. The fourth-order valence-electron chi connectivity index (χ4n) is 2.89. The van der Waals surface area contributed by atoms with Crippen LogP contribution in [-0.4, -0.2) is 29.9 Å². The molecule has 2 N–H and O–H groups in total. The second-order valence-electron chi connectivity index (χ2n) is 5.72. The number of hydrogen-bond donors (Lipinski definition) is 1. The van der Waals surface area contributed by atoms with Crippen LogP contribution in [0.15, 0.2) is 24.3 Å². The SMILES string of the molecule is CCCCC1CC(N)CN(C(=O)c2ccc(F)cc2)C1. The number of carbonyl (C=O) groups excluding carboxylic acids is 1. The maximum atomic E-state index is 12.9. The van der Waals surface area contributed by atoms with Crippen LogP contribution in [0.5, 0.6) is 0 Å². The van der Waals surface area contributed by atoms with E-state index in [2.05, 4.69) is 6.92 Å². The Morgan fingerprint density at radius 3 is 2.70 bits per heavy atom. The molecule has 20 heavy (non-hydrogen) atoms. The van der Waals surface area contributed by atoms with Crippen LogP contribution in [0.25, 0.3) is 0 Å². The minimum absolute atomic E-state index is 0.0401. The number of hydrogen-bond acceptors (Lipinski definition) is 2. The van der Waals surface area contributed by atoms with Crippen molar-refractivity contribution in [1.29, 1.82) is 0 Å². The Morgan fingerprint density at radius 2 is 2.05 bits per heavy atom. The molecule has 1 aromatic carbocycles. The maximum absolute atomic E-state index is 12.9. The Morgan fingerprint density at radius 1 is 1.35 bits per heavy atom. The Hall–Kier alpha value is -1.42. The fraction of sp³-hybridized carbons (Fsp3) is 0.562. The third kappa shape index (κ3) is 3.79. The molecule has 0 aromatic heterocycles. The molecule has 1 saturated heterocycles. The monoisotopic (exact) mass is 278 g/mol. The predicted octanol–water partition coefficient (Wildman–Crippen LogP) is 2.81. The first-order chi connectivity index (χ1) is 9.60. The first kappa shape index (κ1) is 15.0. The van der Waals surface area contributed by atoms with Gasteiger partial charge in [-0.2, -0.15) is 0 Å². The molecule has 1 aromatic rings. The zero-order valence-corrected chi connectivity index (χ0v) is 12.0. The van der Waals surface area contributed by atoms with E-state index >= 15 is 0 Å². The van der Waals surface area contributed by atoms with Gasteiger partial charge in [0.1, 0.15) is 5.82 Å². The molecule has 1 aliphatic rings. The lowest BCUT2D eigenvalue weighted by atomic mass is 9.90. The van der Waals surface area contributed by atoms with E-state index < -0.39 is 0 Å². The summed E-state index contributed by atoms with van der Waals surface area (Å²) in [6.45, 7) is 3.53. The highest BCUT2D eigenvalue weighted by Gasteiger charge is 2.28. The van der Waals surface area contributed by atoms with E-state index in [-0.39, 0.29) is 17.8 Å². The molecule has 2 atom stereocenters. The zero-order chi connectivity index (χ0) is 14.5. The molecule has 0 spiro atoms. The van der Waals surface area contributed by atoms with Crippen molar-refractivity contribution < 1.29 is 9.18 Å². The average Bonchev–Trinajstić information content (AvgIpc) is 2.44. The molecule has 2 rings (SSSR count). The molecule has 1 aliphatic heterocycles. The van der Waals surface area contributed by atoms with Crippen LogP contribution in [0.1, 0.15) is 43.0 Å². The van der Waals surface area contributed by atoms with E-state index in [1.165, 1.54) is 18.6 Å². The molecule has 4 heteroatoms. The number of likely N-dealkylation sites (tertiary alicyclic amines) is 1. The van der Waals surface area contributed by atoms with Gasteiger partial charge in [0.2, 0.25) is 0 Å². The van der Waals surface area contributed by atoms with Gasteiger partial charge in [0, 0.05) is 24.7 Å². The summed E-state index contributed by atoms with van der Waals surface area (Å²) in [6, 6.07) is 5.78. The maximum Gasteiger partial charge on any atom is 0.253 e. The van der Waals surface area contributed by atoms with Gasteiger partial charge in [-0.1, -0.05) is 19.8 Å². The van der Waals surface area contributed by atoms with Gasteiger partial charge in [0.25, 0.3) is 5.91 Å². The van der Waals surface area contributed by atoms with Crippen molar-refractivity contribution in [1.82, 2.24) is 4.90 Å². The molecule has 1 heterocycles. The normalized spacial score (nSPS) is 22.9. The largest absolute Gasteiger partial charge is 0.337 e. The number of carbonyl (C=O) groups is 1. The van der Waals surface area contributed by atoms with Gasteiger partial charge < -0.3 is 10.6 Å². The van der Waals surface area contributed by atoms with E-state index in [0.717, 1.165) is 25.8 Å². The van der Waals surface area contributed by atoms with E-state index in [0.29, 0.717) is 18.0 Å². The van der Waals surface area contributed by atoms with Crippen LogP contribution in [0.2, 0.25) is 0 Å². The molecule has 2 unspecified atom stereocenters. The number of nitrogens with two attached hydrogens (primary N) is 1. The molecule has 0 aliphatic carbocycles. The van der Waals surface area contributed by atoms with Crippen LogP contribution in [0, 0.1) is 11.7 Å². The quantitative estimate of drug-likeness (QED) is 0.920. The van der Waals surface area contributed by atoms with Gasteiger partial charge in [0.15, 0.2) is 0 Å². The molecule has 3 nitrogen and oxygen atoms in total. The van der Waals surface area contributed by atoms with Crippen molar-refractivity contribution in [3.05, 3.63) is 35.6 Å². The highest BCUT2D eigenvalue weighted by atomic mass is 19.1. The summed E-state index contributed by atoms with van der Waals surface area (Å²) in [4.78, 5) is 14.2. The molecular weight excluding hydrogens is 255 g/mol. The van der Waals surface area contributed by atoms with Crippen LogP contribution in [0.4, 0.5) is 4.39 Å². The number of unbranched alkanes of at least 4 members (excludes halogenated alkanes) is 1. The summed E-state index contributed by atoms with van der Waals surface area (Å²) < 4.78 is 12.9. The highest BCUT2D eigenvalue weighted by molar-refractivity contribution is 5.94. The lowest BCUT2D eigenvalue weighted by molar-refractivity contribution is 0.0642. The topological polar surface area (TPSA) is 46.3 Å². The van der Waals surface area contributed by atoms with Crippen LogP contribution in [-0.2, 0) is 0 Å². The Kier molecular flexibility index (Phi) is 5.12. The molecule has 0 saturated carbocycles. The lowest BCUT2D eigenvalue weighted by Gasteiger charge is -2.36. The van der Waals surface area contributed by atoms with E-state index in [1.807, 2.05) is 4.90 Å². The number of amides is 1. The molecular formula is C16H23FN2O. The summed E-state index contributed by atoms with van der Waals surface area (Å²) in [6.07, 6.45) is 4.46. The molecule has 1 fully saturated rings. The Labute approximate surface area is 120 Å². The predicted molar refractivity (Wildman–Crippen MR) is 77.9 cm³/mol. The van der Waals surface area contributed by atoms with Crippen molar-refractivity contribution in [3.8, 4) is 0 Å². The first-order valence-electron chi connectivity index (χ1n) is 7.40. The van der Waals surface area contributed by atoms with Crippen molar-refractivity contribution in [2.45, 2.75) is 38.6 Å². The van der Waals surface area contributed by atoms with Gasteiger partial charge >= 0.3 is 0 Å². The zero-order valence-electron chi connectivity index (χ0n) is 12.0. The standard InChI is InChI=1S/C16H23FN2O/c1-2-3-4-12-9-15(18)11-19(10-12)16(20)13-5-7-14(17)8-6-13/h5-8,12,15H,2-4,9-11,18H2,1H3. The summed E-state index contributed by atoms with van der Waals surface area (Å²) in [5, 5.41) is 0. The minimum atomic E-state index is -0.322. The Balaban J connectivity index is 2.02. The number of halogens is 1. The van der Waals surface area contributed by atoms with Crippen LogP contribution in [0.3, 0.4) is 0 Å². The summed E-state index contributed by atoms with van der Waals surface area (Å²) >= 11 is 0. The van der Waals surface area contributed by atoms with Gasteiger partial charge in [-0.15, -0.1) is 0 Å². The summed E-state index contributed by atoms with van der Waals surface area (Å²) in [5.41, 5.74) is 6.61. The fourth-order valence-corrected chi connectivity index (χ4v) is 2.89. The Bertz CT molecular complexity index is 446. The van der Waals surface area contributed by atoms with Gasteiger partial charge in [-0.3, -0.25) is 4.79 Å². The van der Waals surface area contributed by atoms with Crippen LogP contribution < -0.4 is 5.73 Å². The van der Waals surface area contributed by atoms with Crippen molar-refractivity contribution in [3.63, 3.8) is 0 Å². The van der Waals surface area contributed by atoms with Crippen molar-refractivity contribution in [2.75, 3.05) is 13.1 Å². The smallest absolute Gasteiger partial charge is 0.253 e. The van der Waals surface area contributed by atoms with E-state index in [1.54, 1.807) is 12.1 Å². The van der Waals surface area contributed by atoms with Crippen LogP contribution >= 0.6 is 0 Å². The number of piperidine rings is 1. The highest BCUT2D eigenvalue weighted by Crippen LogP contribution is 2.22. The minimum Gasteiger partial charge on any atom is -0.337 e. The second kappa shape index (κ2) is 6.84. The van der Waals surface area contributed by atoms with Gasteiger partial charge in [-0.05, 0) is 43.0 Å². The lowest BCUT2D eigenvalue weighted by Crippen LogP contribution is -2.49. The van der Waals surface area contributed by atoms with Gasteiger partial charge in [-0.25, -0.2) is 4.39 Å². The van der Waals surface area contributed by atoms with Crippen molar-refractivity contribution >= 4 is 5.91 Å². The third-order valence-electron chi connectivity index (χ3n) is 3.91. The third-order valence-corrected chi connectivity index (χ3v) is 3.91. The number of benzene rings is 1.